The number of ether oxygens (including phenoxy) is 2. The average molecular weight is 362 g/mol. The standard InChI is InChI=1S/C20H30N2O4/c1-19(2,3)16-11-15(23)12-20(26-16)7-9-22(10-8-20)18(24)14-5-6-17(25-4)21-13-14/h5-6,13,15-16,23H,7-12H2,1-4H3/t15-,16-/m1/s1. The molecule has 1 N–H and O–H groups in total. The van der Waals surface area contributed by atoms with Gasteiger partial charge in [0, 0.05) is 38.2 Å². The third-order valence-corrected chi connectivity index (χ3v) is 5.61. The molecule has 0 bridgehead atoms. The maximum absolute atomic E-state index is 12.7. The van der Waals surface area contributed by atoms with Gasteiger partial charge in [0.15, 0.2) is 0 Å². The molecule has 2 fully saturated rings. The molecule has 6 nitrogen and oxygen atoms in total. The van der Waals surface area contributed by atoms with Crippen molar-refractivity contribution in [1.29, 1.82) is 0 Å². The van der Waals surface area contributed by atoms with Crippen molar-refractivity contribution < 1.29 is 19.4 Å². The number of pyridine rings is 1. The van der Waals surface area contributed by atoms with E-state index in [0.717, 1.165) is 12.8 Å². The molecule has 0 aliphatic carbocycles. The molecular weight excluding hydrogens is 332 g/mol. The predicted octanol–water partition coefficient (Wildman–Crippen LogP) is 2.65. The van der Waals surface area contributed by atoms with Crippen LogP contribution in [0.25, 0.3) is 0 Å². The Labute approximate surface area is 155 Å². The van der Waals surface area contributed by atoms with Crippen LogP contribution in [-0.4, -0.2) is 58.9 Å². The van der Waals surface area contributed by atoms with Crippen LogP contribution in [0.3, 0.4) is 0 Å². The van der Waals surface area contributed by atoms with Crippen LogP contribution in [0, 0.1) is 5.41 Å². The van der Waals surface area contributed by atoms with Gasteiger partial charge in [0.2, 0.25) is 5.88 Å². The van der Waals surface area contributed by atoms with E-state index in [0.29, 0.717) is 37.4 Å². The normalized spacial score (nSPS) is 26.0. The SMILES string of the molecule is COc1ccc(C(=O)N2CCC3(CC2)C[C@H](O)C[C@H](C(C)(C)C)O3)cn1. The lowest BCUT2D eigenvalue weighted by Crippen LogP contribution is -2.55. The molecule has 6 heteroatoms. The Morgan fingerprint density at radius 1 is 1.35 bits per heavy atom. The summed E-state index contributed by atoms with van der Waals surface area (Å²) in [5.74, 6) is 0.482. The van der Waals surface area contributed by atoms with Crippen molar-refractivity contribution in [3.63, 3.8) is 0 Å². The topological polar surface area (TPSA) is 71.9 Å². The Morgan fingerprint density at radius 2 is 2.04 bits per heavy atom. The number of carbonyl (C=O) groups excluding carboxylic acids is 1. The van der Waals surface area contributed by atoms with E-state index in [4.69, 9.17) is 9.47 Å². The molecule has 1 aromatic rings. The summed E-state index contributed by atoms with van der Waals surface area (Å²) in [7, 11) is 1.55. The van der Waals surface area contributed by atoms with E-state index in [1.54, 1.807) is 25.4 Å². The monoisotopic (exact) mass is 362 g/mol. The summed E-state index contributed by atoms with van der Waals surface area (Å²) < 4.78 is 11.5. The summed E-state index contributed by atoms with van der Waals surface area (Å²) in [4.78, 5) is 18.7. The second-order valence-corrected chi connectivity index (χ2v) is 8.63. The van der Waals surface area contributed by atoms with Crippen LogP contribution in [-0.2, 0) is 4.74 Å². The molecule has 3 heterocycles. The first-order valence-corrected chi connectivity index (χ1v) is 9.38. The molecule has 144 valence electrons. The second-order valence-electron chi connectivity index (χ2n) is 8.63. The van der Waals surface area contributed by atoms with Crippen molar-refractivity contribution in [2.75, 3.05) is 20.2 Å². The maximum Gasteiger partial charge on any atom is 0.255 e. The molecule has 0 saturated carbocycles. The molecule has 2 saturated heterocycles. The minimum Gasteiger partial charge on any atom is -0.481 e. The lowest BCUT2D eigenvalue weighted by molar-refractivity contribution is -0.205. The van der Waals surface area contributed by atoms with Crippen molar-refractivity contribution in [2.24, 2.45) is 5.41 Å². The highest BCUT2D eigenvalue weighted by Crippen LogP contribution is 2.42. The van der Waals surface area contributed by atoms with E-state index in [-0.39, 0.29) is 29.1 Å². The summed E-state index contributed by atoms with van der Waals surface area (Å²) in [6.07, 6.45) is 4.12. The molecule has 26 heavy (non-hydrogen) atoms. The zero-order valence-electron chi connectivity index (χ0n) is 16.2. The van der Waals surface area contributed by atoms with E-state index < -0.39 is 0 Å². The minimum atomic E-state index is -0.332. The lowest BCUT2D eigenvalue weighted by atomic mass is 9.76. The maximum atomic E-state index is 12.7. The number of aliphatic hydroxyl groups excluding tert-OH is 1. The molecule has 2 atom stereocenters. The fraction of sp³-hybridized carbons (Fsp3) is 0.700. The average Bonchev–Trinajstić information content (AvgIpc) is 2.60. The Morgan fingerprint density at radius 3 is 2.58 bits per heavy atom. The van der Waals surface area contributed by atoms with E-state index in [9.17, 15) is 9.90 Å². The number of methoxy groups -OCH3 is 1. The molecule has 1 amide bonds. The number of aromatic nitrogens is 1. The van der Waals surface area contributed by atoms with Gasteiger partial charge >= 0.3 is 0 Å². The molecule has 0 unspecified atom stereocenters. The lowest BCUT2D eigenvalue weighted by Gasteiger charge is -2.50. The van der Waals surface area contributed by atoms with Gasteiger partial charge in [-0.2, -0.15) is 0 Å². The van der Waals surface area contributed by atoms with Crippen LogP contribution in [0.15, 0.2) is 18.3 Å². The number of hydrogen-bond acceptors (Lipinski definition) is 5. The molecule has 1 spiro atoms. The van der Waals surface area contributed by atoms with Crippen LogP contribution in [0.1, 0.15) is 56.8 Å². The smallest absolute Gasteiger partial charge is 0.255 e. The Balaban J connectivity index is 1.65. The summed E-state index contributed by atoms with van der Waals surface area (Å²) in [6, 6.07) is 3.45. The first kappa shape index (κ1) is 19.1. The molecule has 2 aliphatic heterocycles. The largest absolute Gasteiger partial charge is 0.481 e. The third kappa shape index (κ3) is 4.01. The van der Waals surface area contributed by atoms with Crippen LogP contribution in [0.5, 0.6) is 5.88 Å². The van der Waals surface area contributed by atoms with Crippen LogP contribution in [0.2, 0.25) is 0 Å². The van der Waals surface area contributed by atoms with Gasteiger partial charge in [0.25, 0.3) is 5.91 Å². The van der Waals surface area contributed by atoms with Crippen molar-refractivity contribution in [3.05, 3.63) is 23.9 Å². The Kier molecular flexibility index (Phi) is 5.26. The van der Waals surface area contributed by atoms with Crippen molar-refractivity contribution in [2.45, 2.75) is 64.3 Å². The summed E-state index contributed by atoms with van der Waals surface area (Å²) >= 11 is 0. The number of hydrogen-bond donors (Lipinski definition) is 1. The highest BCUT2D eigenvalue weighted by atomic mass is 16.5. The highest BCUT2D eigenvalue weighted by molar-refractivity contribution is 5.94. The van der Waals surface area contributed by atoms with E-state index in [1.165, 1.54) is 0 Å². The van der Waals surface area contributed by atoms with Gasteiger partial charge in [-0.15, -0.1) is 0 Å². The van der Waals surface area contributed by atoms with Gasteiger partial charge in [-0.05, 0) is 24.3 Å². The number of carbonyl (C=O) groups is 1. The van der Waals surface area contributed by atoms with Gasteiger partial charge in [-0.1, -0.05) is 20.8 Å². The van der Waals surface area contributed by atoms with Crippen LogP contribution in [0.4, 0.5) is 0 Å². The van der Waals surface area contributed by atoms with E-state index >= 15 is 0 Å². The summed E-state index contributed by atoms with van der Waals surface area (Å²) in [6.45, 7) is 7.72. The zero-order valence-corrected chi connectivity index (χ0v) is 16.2. The molecular formula is C20H30N2O4. The Bertz CT molecular complexity index is 630. The van der Waals surface area contributed by atoms with Crippen LogP contribution < -0.4 is 4.74 Å². The van der Waals surface area contributed by atoms with Crippen molar-refractivity contribution >= 4 is 5.91 Å². The fourth-order valence-corrected chi connectivity index (χ4v) is 3.94. The van der Waals surface area contributed by atoms with Crippen LogP contribution >= 0.6 is 0 Å². The first-order valence-electron chi connectivity index (χ1n) is 9.38. The number of aliphatic hydroxyl groups is 1. The molecule has 3 rings (SSSR count). The number of amides is 1. The number of piperidine rings is 1. The van der Waals surface area contributed by atoms with Gasteiger partial charge in [-0.25, -0.2) is 4.98 Å². The van der Waals surface area contributed by atoms with E-state index in [1.807, 2.05) is 4.90 Å². The molecule has 2 aliphatic rings. The fourth-order valence-electron chi connectivity index (χ4n) is 3.94. The summed E-state index contributed by atoms with van der Waals surface area (Å²) in [5.41, 5.74) is 0.250. The third-order valence-electron chi connectivity index (χ3n) is 5.61. The van der Waals surface area contributed by atoms with Gasteiger partial charge in [0.05, 0.1) is 30.5 Å². The molecule has 0 radical (unpaired) electrons. The van der Waals surface area contributed by atoms with Crippen molar-refractivity contribution in [1.82, 2.24) is 9.88 Å². The molecule has 0 aromatic carbocycles. The Hall–Kier alpha value is -1.66. The highest BCUT2D eigenvalue weighted by Gasteiger charge is 2.46. The predicted molar refractivity (Wildman–Crippen MR) is 98.2 cm³/mol. The second kappa shape index (κ2) is 7.16. The number of likely N-dealkylation sites (tertiary alicyclic amines) is 1. The van der Waals surface area contributed by atoms with Gasteiger partial charge in [0.1, 0.15) is 0 Å². The quantitative estimate of drug-likeness (QED) is 0.876. The first-order chi connectivity index (χ1) is 12.2. The summed E-state index contributed by atoms with van der Waals surface area (Å²) in [5, 5.41) is 10.4. The molecule has 1 aromatic heterocycles. The number of nitrogens with zero attached hydrogens (tertiary/aromatic N) is 2. The van der Waals surface area contributed by atoms with Gasteiger partial charge in [-0.3, -0.25) is 4.79 Å². The van der Waals surface area contributed by atoms with E-state index in [2.05, 4.69) is 25.8 Å². The number of rotatable bonds is 2. The van der Waals surface area contributed by atoms with Gasteiger partial charge < -0.3 is 19.5 Å². The zero-order chi connectivity index (χ0) is 18.9. The van der Waals surface area contributed by atoms with Crippen molar-refractivity contribution in [3.8, 4) is 5.88 Å². The minimum absolute atomic E-state index is 0.00385.